The molecule has 25 heavy (non-hydrogen) atoms. The predicted molar refractivity (Wildman–Crippen MR) is 99.6 cm³/mol. The Labute approximate surface area is 153 Å². The zero-order valence-corrected chi connectivity index (χ0v) is 17.7. The molecule has 7 atom stereocenters. The first-order valence-corrected chi connectivity index (χ1v) is 12.7. The lowest BCUT2D eigenvalue weighted by atomic mass is 9.69. The van der Waals surface area contributed by atoms with Crippen molar-refractivity contribution in [2.24, 2.45) is 23.2 Å². The highest BCUT2D eigenvalue weighted by Gasteiger charge is 2.73. The fourth-order valence-electron chi connectivity index (χ4n) is 5.48. The van der Waals surface area contributed by atoms with Gasteiger partial charge in [0.15, 0.2) is 14.1 Å². The first-order valence-electron chi connectivity index (χ1n) is 9.75. The van der Waals surface area contributed by atoms with E-state index in [9.17, 15) is 5.11 Å². The summed E-state index contributed by atoms with van der Waals surface area (Å²) in [5.41, 5.74) is -0.146. The number of ether oxygens (including phenoxy) is 2. The SMILES string of the molecule is CC1(C)O[C@H]2[C@H](O)C3C4C=CC(C4)[C@]3(CO[Si](C)(C)C(C)(C)C)[C@H]2O1. The molecule has 0 radical (unpaired) electrons. The molecule has 5 heteroatoms. The summed E-state index contributed by atoms with van der Waals surface area (Å²) in [7, 11) is -1.87. The van der Waals surface area contributed by atoms with Crippen LogP contribution in [0.5, 0.6) is 0 Å². The molecular formula is C20H34O4Si. The summed E-state index contributed by atoms with van der Waals surface area (Å²) in [6.07, 6.45) is 5.00. The van der Waals surface area contributed by atoms with Gasteiger partial charge in [0, 0.05) is 17.9 Å². The molecule has 4 aliphatic rings. The van der Waals surface area contributed by atoms with E-state index in [2.05, 4.69) is 46.0 Å². The number of rotatable bonds is 3. The fourth-order valence-corrected chi connectivity index (χ4v) is 6.52. The zero-order valence-electron chi connectivity index (χ0n) is 16.7. The Morgan fingerprint density at radius 1 is 1.20 bits per heavy atom. The molecule has 0 aromatic rings. The van der Waals surface area contributed by atoms with Crippen molar-refractivity contribution in [1.29, 1.82) is 0 Å². The van der Waals surface area contributed by atoms with Gasteiger partial charge in [-0.15, -0.1) is 0 Å². The normalized spacial score (nSPS) is 47.4. The van der Waals surface area contributed by atoms with Crippen LogP contribution in [0.25, 0.3) is 0 Å². The maximum atomic E-state index is 11.1. The van der Waals surface area contributed by atoms with Crippen LogP contribution in [0.1, 0.15) is 41.0 Å². The molecule has 3 fully saturated rings. The Bertz CT molecular complexity index is 593. The second-order valence-electron chi connectivity index (χ2n) is 10.6. The van der Waals surface area contributed by atoms with Crippen molar-refractivity contribution in [2.75, 3.05) is 6.61 Å². The number of hydrogen-bond donors (Lipinski definition) is 1. The highest BCUT2D eigenvalue weighted by atomic mass is 28.4. The smallest absolute Gasteiger partial charge is 0.192 e. The summed E-state index contributed by atoms with van der Waals surface area (Å²) in [6.45, 7) is 16.0. The van der Waals surface area contributed by atoms with Crippen LogP contribution in [-0.4, -0.2) is 44.1 Å². The molecule has 1 N–H and O–H groups in total. The molecule has 4 rings (SSSR count). The van der Waals surface area contributed by atoms with E-state index >= 15 is 0 Å². The minimum atomic E-state index is -1.87. The van der Waals surface area contributed by atoms with Gasteiger partial charge in [-0.25, -0.2) is 0 Å². The number of hydrogen-bond acceptors (Lipinski definition) is 4. The molecule has 1 saturated heterocycles. The lowest BCUT2D eigenvalue weighted by Gasteiger charge is -2.45. The molecule has 3 unspecified atom stereocenters. The van der Waals surface area contributed by atoms with Crippen LogP contribution in [0.4, 0.5) is 0 Å². The summed E-state index contributed by atoms with van der Waals surface area (Å²) in [5.74, 6) is 0.424. The van der Waals surface area contributed by atoms with Crippen LogP contribution in [0.15, 0.2) is 12.2 Å². The fraction of sp³-hybridized carbons (Fsp3) is 0.900. The van der Waals surface area contributed by atoms with E-state index < -0.39 is 20.2 Å². The molecular weight excluding hydrogens is 332 g/mol. The summed E-state index contributed by atoms with van der Waals surface area (Å²) in [6, 6.07) is 0. The lowest BCUT2D eigenvalue weighted by Crippen LogP contribution is -2.51. The minimum Gasteiger partial charge on any atom is -0.416 e. The summed E-state index contributed by atoms with van der Waals surface area (Å²) >= 11 is 0. The van der Waals surface area contributed by atoms with Gasteiger partial charge in [0.1, 0.15) is 6.10 Å². The Morgan fingerprint density at radius 2 is 1.88 bits per heavy atom. The molecule has 0 amide bonds. The largest absolute Gasteiger partial charge is 0.416 e. The Balaban J connectivity index is 1.68. The highest BCUT2D eigenvalue weighted by Crippen LogP contribution is 2.67. The van der Waals surface area contributed by atoms with Gasteiger partial charge in [0.05, 0.1) is 12.2 Å². The molecule has 2 saturated carbocycles. The summed E-state index contributed by atoms with van der Waals surface area (Å²) in [4.78, 5) is 0. The van der Waals surface area contributed by atoms with E-state index in [1.165, 1.54) is 0 Å². The van der Waals surface area contributed by atoms with E-state index in [-0.39, 0.29) is 28.6 Å². The molecule has 1 heterocycles. The molecule has 142 valence electrons. The monoisotopic (exact) mass is 366 g/mol. The molecule has 0 spiro atoms. The van der Waals surface area contributed by atoms with Crippen LogP contribution < -0.4 is 0 Å². The van der Waals surface area contributed by atoms with Gasteiger partial charge in [-0.1, -0.05) is 32.9 Å². The van der Waals surface area contributed by atoms with Crippen molar-refractivity contribution in [1.82, 2.24) is 0 Å². The number of fused-ring (bicyclic) bond motifs is 7. The maximum Gasteiger partial charge on any atom is 0.192 e. The average molecular weight is 367 g/mol. The molecule has 4 nitrogen and oxygen atoms in total. The molecule has 0 aromatic carbocycles. The van der Waals surface area contributed by atoms with Gasteiger partial charge in [-0.3, -0.25) is 0 Å². The van der Waals surface area contributed by atoms with Crippen LogP contribution in [0.2, 0.25) is 18.1 Å². The first kappa shape index (κ1) is 18.2. The zero-order chi connectivity index (χ0) is 18.4. The van der Waals surface area contributed by atoms with Crippen molar-refractivity contribution in [3.05, 3.63) is 12.2 Å². The van der Waals surface area contributed by atoms with Crippen LogP contribution in [0, 0.1) is 23.2 Å². The van der Waals surface area contributed by atoms with Crippen molar-refractivity contribution in [3.8, 4) is 0 Å². The van der Waals surface area contributed by atoms with Crippen LogP contribution >= 0.6 is 0 Å². The van der Waals surface area contributed by atoms with Crippen LogP contribution in [0.3, 0.4) is 0 Å². The number of allylic oxidation sites excluding steroid dienone is 2. The molecule has 3 aliphatic carbocycles. The van der Waals surface area contributed by atoms with Crippen molar-refractivity contribution >= 4 is 8.32 Å². The maximum absolute atomic E-state index is 11.1. The van der Waals surface area contributed by atoms with Crippen molar-refractivity contribution in [3.63, 3.8) is 0 Å². The summed E-state index contributed by atoms with van der Waals surface area (Å²) < 4.78 is 19.2. The summed E-state index contributed by atoms with van der Waals surface area (Å²) in [5, 5.41) is 11.3. The highest BCUT2D eigenvalue weighted by molar-refractivity contribution is 6.74. The van der Waals surface area contributed by atoms with Gasteiger partial charge < -0.3 is 19.0 Å². The quantitative estimate of drug-likeness (QED) is 0.611. The van der Waals surface area contributed by atoms with Gasteiger partial charge in [0.2, 0.25) is 0 Å². The Kier molecular flexibility index (Phi) is 3.78. The lowest BCUT2D eigenvalue weighted by molar-refractivity contribution is -0.190. The predicted octanol–water partition coefficient (Wildman–Crippen LogP) is 3.71. The van der Waals surface area contributed by atoms with Gasteiger partial charge >= 0.3 is 0 Å². The number of aliphatic hydroxyl groups excluding tert-OH is 1. The Morgan fingerprint density at radius 3 is 2.52 bits per heavy atom. The number of aliphatic hydroxyl groups is 1. The Hall–Kier alpha value is -0.203. The topological polar surface area (TPSA) is 47.9 Å². The minimum absolute atomic E-state index is 0.0766. The van der Waals surface area contributed by atoms with E-state index in [4.69, 9.17) is 13.9 Å². The van der Waals surface area contributed by atoms with E-state index in [1.54, 1.807) is 0 Å². The van der Waals surface area contributed by atoms with Crippen molar-refractivity contribution in [2.45, 2.75) is 83.3 Å². The van der Waals surface area contributed by atoms with E-state index in [1.807, 2.05) is 13.8 Å². The second kappa shape index (κ2) is 5.19. The molecule has 0 aromatic heterocycles. The van der Waals surface area contributed by atoms with Gasteiger partial charge in [-0.05, 0) is 50.2 Å². The third-order valence-electron chi connectivity index (χ3n) is 7.74. The molecule has 2 bridgehead atoms. The van der Waals surface area contributed by atoms with E-state index in [0.717, 1.165) is 6.42 Å². The second-order valence-corrected chi connectivity index (χ2v) is 15.4. The first-order chi connectivity index (χ1) is 11.4. The van der Waals surface area contributed by atoms with Crippen LogP contribution in [-0.2, 0) is 13.9 Å². The third kappa shape index (κ3) is 2.39. The third-order valence-corrected chi connectivity index (χ3v) is 12.2. The molecule has 1 aliphatic heterocycles. The van der Waals surface area contributed by atoms with Crippen molar-refractivity contribution < 1.29 is 19.0 Å². The van der Waals surface area contributed by atoms with E-state index in [0.29, 0.717) is 18.4 Å². The standard InChI is InChI=1S/C20H34O4Si/c1-18(2,3)25(6,7)22-11-20-13-9-8-12(10-13)14(20)15(21)16-17(20)24-19(4,5)23-16/h8-9,12-17,21H,10-11H2,1-7H3/t12?,13?,14?,15-,16+,17+,20+/m1/s1. The van der Waals surface area contributed by atoms with Gasteiger partial charge in [0.25, 0.3) is 0 Å². The average Bonchev–Trinajstić information content (AvgIpc) is 3.17. The van der Waals surface area contributed by atoms with Gasteiger partial charge in [-0.2, -0.15) is 0 Å².